The van der Waals surface area contributed by atoms with Gasteiger partial charge in [0.2, 0.25) is 5.91 Å². The maximum atomic E-state index is 14.3. The van der Waals surface area contributed by atoms with E-state index in [9.17, 15) is 27.2 Å². The molecule has 38 heavy (non-hydrogen) atoms. The molecular weight excluding hydrogens is 652 g/mol. The largest absolute Gasteiger partial charge is 0.496 e. The molecule has 0 bridgehead atoms. The number of amides is 1. The highest BCUT2D eigenvalue weighted by Crippen LogP contribution is 2.34. The predicted octanol–water partition coefficient (Wildman–Crippen LogP) is 3.26. The van der Waals surface area contributed by atoms with Crippen LogP contribution in [0.2, 0.25) is 0 Å². The molecule has 10 nitrogen and oxygen atoms in total. The van der Waals surface area contributed by atoms with Gasteiger partial charge in [-0.25, -0.2) is 13.8 Å². The number of benzene rings is 1. The fraction of sp³-hybridized carbons (Fsp3) is 0.458. The van der Waals surface area contributed by atoms with Crippen molar-refractivity contribution in [2.75, 3.05) is 13.4 Å². The molecule has 1 amide bonds. The van der Waals surface area contributed by atoms with Crippen LogP contribution in [0.5, 0.6) is 5.75 Å². The lowest BCUT2D eigenvalue weighted by molar-refractivity contribution is -0.129. The molecule has 0 aliphatic heterocycles. The van der Waals surface area contributed by atoms with E-state index in [0.29, 0.717) is 5.56 Å². The van der Waals surface area contributed by atoms with Crippen LogP contribution in [-0.2, 0) is 31.2 Å². The van der Waals surface area contributed by atoms with Crippen molar-refractivity contribution >= 4 is 60.2 Å². The summed E-state index contributed by atoms with van der Waals surface area (Å²) in [6.45, 7) is 7.72. The zero-order chi connectivity index (χ0) is 28.7. The van der Waals surface area contributed by atoms with Gasteiger partial charge < -0.3 is 10.1 Å². The SMILES string of the molecule is COc1ccc(F)cc1[C@H](Cn1c(=O)n(C(C)(C)C(=O)NC(C)C)c(=O)c2c(C)c(I)sc21)OS(C)(=O)=O. The Kier molecular flexibility index (Phi) is 8.80. The quantitative estimate of drug-likeness (QED) is 0.272. The standard InChI is InChI=1S/C24H29FIN3O7S2/c1-12(2)27-22(31)24(4,5)29-20(30)18-13(3)19(26)37-21(18)28(23(29)32)11-17(36-38(7,33)34)15-10-14(25)8-9-16(15)35-6/h8-10,12,17H,11H2,1-7H3,(H,27,31)/t17-/m0/s1. The summed E-state index contributed by atoms with van der Waals surface area (Å²) in [5, 5.41) is 2.95. The van der Waals surface area contributed by atoms with Crippen molar-refractivity contribution in [3.63, 3.8) is 0 Å². The van der Waals surface area contributed by atoms with E-state index >= 15 is 0 Å². The fourth-order valence-corrected chi connectivity index (χ4v) is 6.54. The molecule has 0 fully saturated rings. The molecule has 0 unspecified atom stereocenters. The van der Waals surface area contributed by atoms with Crippen molar-refractivity contribution in [1.82, 2.24) is 14.5 Å². The molecular formula is C24H29FIN3O7S2. The van der Waals surface area contributed by atoms with Gasteiger partial charge in [-0.3, -0.25) is 18.3 Å². The van der Waals surface area contributed by atoms with Crippen LogP contribution in [-0.4, -0.2) is 42.9 Å². The zero-order valence-corrected chi connectivity index (χ0v) is 25.7. The van der Waals surface area contributed by atoms with Crippen LogP contribution in [0, 0.1) is 15.6 Å². The van der Waals surface area contributed by atoms with Gasteiger partial charge in [-0.05, 0) is 81.0 Å². The molecule has 0 aliphatic carbocycles. The molecule has 0 radical (unpaired) electrons. The smallest absolute Gasteiger partial charge is 0.333 e. The lowest BCUT2D eigenvalue weighted by Gasteiger charge is -2.28. The molecule has 0 saturated heterocycles. The van der Waals surface area contributed by atoms with Crippen LogP contribution in [0.4, 0.5) is 4.39 Å². The average Bonchev–Trinajstić information content (AvgIpc) is 3.08. The third-order valence-electron chi connectivity index (χ3n) is 5.87. The molecule has 1 atom stereocenters. The van der Waals surface area contributed by atoms with Crippen LogP contribution in [0.3, 0.4) is 0 Å². The van der Waals surface area contributed by atoms with Crippen LogP contribution < -0.4 is 21.3 Å². The summed E-state index contributed by atoms with van der Waals surface area (Å²) in [6.07, 6.45) is -0.557. The van der Waals surface area contributed by atoms with Gasteiger partial charge in [0.15, 0.2) is 0 Å². The number of hydrogen-bond acceptors (Lipinski definition) is 8. The van der Waals surface area contributed by atoms with Crippen LogP contribution in [0.1, 0.15) is 44.9 Å². The normalized spacial score (nSPS) is 13.2. The Morgan fingerprint density at radius 2 is 1.89 bits per heavy atom. The summed E-state index contributed by atoms with van der Waals surface area (Å²) in [4.78, 5) is 41.0. The van der Waals surface area contributed by atoms with E-state index in [1.54, 1.807) is 20.8 Å². The van der Waals surface area contributed by atoms with E-state index in [2.05, 4.69) is 5.32 Å². The number of carbonyl (C=O) groups excluding carboxylic acids is 1. The number of fused-ring (bicyclic) bond motifs is 1. The minimum atomic E-state index is -4.10. The summed E-state index contributed by atoms with van der Waals surface area (Å²) < 4.78 is 52.1. The minimum Gasteiger partial charge on any atom is -0.496 e. The van der Waals surface area contributed by atoms with E-state index in [1.807, 2.05) is 22.6 Å². The number of aryl methyl sites for hydroxylation is 1. The maximum Gasteiger partial charge on any atom is 0.333 e. The number of nitrogens with zero attached hydrogens (tertiary/aromatic N) is 2. The van der Waals surface area contributed by atoms with Gasteiger partial charge in [0.1, 0.15) is 28.0 Å². The molecule has 14 heteroatoms. The Morgan fingerprint density at radius 3 is 2.45 bits per heavy atom. The highest BCUT2D eigenvalue weighted by atomic mass is 127. The summed E-state index contributed by atoms with van der Waals surface area (Å²) in [6, 6.07) is 3.28. The second kappa shape index (κ2) is 11.1. The monoisotopic (exact) mass is 681 g/mol. The van der Waals surface area contributed by atoms with Gasteiger partial charge in [-0.15, -0.1) is 11.3 Å². The van der Waals surface area contributed by atoms with Gasteiger partial charge in [0.25, 0.3) is 15.7 Å². The molecule has 0 aliphatic rings. The number of carbonyl (C=O) groups is 1. The number of halogens is 2. The Morgan fingerprint density at radius 1 is 1.26 bits per heavy atom. The van der Waals surface area contributed by atoms with Gasteiger partial charge in [0, 0.05) is 11.6 Å². The Balaban J connectivity index is 2.38. The minimum absolute atomic E-state index is 0.0514. The summed E-state index contributed by atoms with van der Waals surface area (Å²) in [5.74, 6) is -1.07. The summed E-state index contributed by atoms with van der Waals surface area (Å²) >= 11 is 3.21. The van der Waals surface area contributed by atoms with E-state index < -0.39 is 51.3 Å². The van der Waals surface area contributed by atoms with Gasteiger partial charge in [-0.1, -0.05) is 0 Å². The fourth-order valence-electron chi connectivity index (χ4n) is 4.03. The Labute approximate surface area is 237 Å². The Bertz CT molecular complexity index is 1620. The molecule has 1 aromatic carbocycles. The summed E-state index contributed by atoms with van der Waals surface area (Å²) in [7, 11) is -2.76. The first-order valence-corrected chi connectivity index (χ1v) is 15.2. The number of rotatable bonds is 9. The molecule has 1 N–H and O–H groups in total. The van der Waals surface area contributed by atoms with Crippen molar-refractivity contribution in [3.8, 4) is 5.75 Å². The van der Waals surface area contributed by atoms with Crippen molar-refractivity contribution in [1.29, 1.82) is 0 Å². The molecule has 3 rings (SSSR count). The number of thiophene rings is 1. The van der Waals surface area contributed by atoms with Crippen LogP contribution >= 0.6 is 33.9 Å². The average molecular weight is 682 g/mol. The first-order valence-electron chi connectivity index (χ1n) is 11.5. The van der Waals surface area contributed by atoms with Gasteiger partial charge in [0.05, 0.1) is 28.2 Å². The topological polar surface area (TPSA) is 126 Å². The van der Waals surface area contributed by atoms with Crippen molar-refractivity contribution in [2.24, 2.45) is 0 Å². The number of methoxy groups -OCH3 is 1. The van der Waals surface area contributed by atoms with Crippen molar-refractivity contribution < 1.29 is 26.5 Å². The molecule has 2 heterocycles. The molecule has 3 aromatic rings. The second-order valence-corrected chi connectivity index (χ2v) is 14.0. The molecule has 0 saturated carbocycles. The first kappa shape index (κ1) is 30.2. The number of nitrogens with one attached hydrogen (secondary N) is 1. The Hall–Kier alpha value is -2.30. The maximum absolute atomic E-state index is 14.3. The number of hydrogen-bond donors (Lipinski definition) is 1. The van der Waals surface area contributed by atoms with Crippen molar-refractivity contribution in [3.05, 3.63) is 58.9 Å². The first-order chi connectivity index (χ1) is 17.5. The third-order valence-corrected chi connectivity index (χ3v) is 9.02. The van der Waals surface area contributed by atoms with Gasteiger partial charge in [-0.2, -0.15) is 8.42 Å². The molecule has 2 aromatic heterocycles. The van der Waals surface area contributed by atoms with E-state index in [-0.39, 0.29) is 27.6 Å². The van der Waals surface area contributed by atoms with Gasteiger partial charge >= 0.3 is 5.69 Å². The highest BCUT2D eigenvalue weighted by Gasteiger charge is 2.36. The van der Waals surface area contributed by atoms with E-state index in [4.69, 9.17) is 8.92 Å². The lowest BCUT2D eigenvalue weighted by atomic mass is 10.0. The molecule has 208 valence electrons. The molecule has 0 spiro atoms. The summed E-state index contributed by atoms with van der Waals surface area (Å²) in [5.41, 5.74) is -2.43. The van der Waals surface area contributed by atoms with Crippen molar-refractivity contribution in [2.45, 2.75) is 58.8 Å². The van der Waals surface area contributed by atoms with Crippen LogP contribution in [0.15, 0.2) is 27.8 Å². The lowest BCUT2D eigenvalue weighted by Crippen LogP contribution is -2.56. The number of ether oxygens (including phenoxy) is 1. The highest BCUT2D eigenvalue weighted by molar-refractivity contribution is 14.1. The zero-order valence-electron chi connectivity index (χ0n) is 21.9. The number of aromatic nitrogens is 2. The van der Waals surface area contributed by atoms with E-state index in [1.165, 1.54) is 42.9 Å². The van der Waals surface area contributed by atoms with Crippen LogP contribution in [0.25, 0.3) is 10.2 Å². The third kappa shape index (κ3) is 5.97. The van der Waals surface area contributed by atoms with E-state index in [0.717, 1.165) is 25.8 Å². The predicted molar refractivity (Wildman–Crippen MR) is 152 cm³/mol. The second-order valence-electron chi connectivity index (χ2n) is 9.58.